The molecule has 3 aliphatic heterocycles. The Morgan fingerprint density at radius 3 is 2.25 bits per heavy atom. The lowest BCUT2D eigenvalue weighted by atomic mass is 9.82. The van der Waals surface area contributed by atoms with Crippen molar-refractivity contribution >= 4 is 29.9 Å². The van der Waals surface area contributed by atoms with E-state index in [9.17, 15) is 36.6 Å². The van der Waals surface area contributed by atoms with Crippen LogP contribution >= 0.6 is 0 Å². The molecule has 21 heteroatoms. The van der Waals surface area contributed by atoms with Crippen LogP contribution in [0, 0.1) is 28.9 Å². The standard InChI is InChI=1S/C44H50F7N9O5/c1-43(2,44(49,50)51)39(58-42(63)64-3)40(62)57-36(37(61)19-54-18-32-33(45)13-28(14-34(32)46)35(52)10-11-53-20-38(47)48)12-26-7-4-25(5-8-26)6-9-27-16-55-41(56-17-27)60-22-29-15-30(60)21-59(29)31-23-65-24-31/h4-5,7-8,10-11,13-14,16-17,29-31,36-39,54,61H,12,15,18-24,52H2,1-3H3,(H,57,62)(H,58,63)/t29-,30-,36+,37+,39-/m1/s1. The lowest BCUT2D eigenvalue weighted by Gasteiger charge is -2.42. The number of fused-ring (bicyclic) bond motifs is 2. The number of ether oxygens (including phenoxy) is 2. The Morgan fingerprint density at radius 2 is 1.68 bits per heavy atom. The number of aromatic nitrogens is 2. The minimum atomic E-state index is -4.98. The number of alkyl carbamates (subject to hydrolysis) is 1. The summed E-state index contributed by atoms with van der Waals surface area (Å²) in [4.78, 5) is 43.1. The third-order valence-corrected chi connectivity index (χ3v) is 11.7. The number of carbonyl (C=O) groups is 2. The average molecular weight is 918 g/mol. The lowest BCUT2D eigenvalue weighted by Crippen LogP contribution is -2.62. The highest BCUT2D eigenvalue weighted by atomic mass is 19.4. The maximum Gasteiger partial charge on any atom is 0.407 e. The summed E-state index contributed by atoms with van der Waals surface area (Å²) in [6.07, 6.45) is -4.23. The smallest absolute Gasteiger partial charge is 0.407 e. The van der Waals surface area contributed by atoms with Crippen molar-refractivity contribution in [3.8, 4) is 11.8 Å². The number of aliphatic hydroxyl groups excluding tert-OH is 1. The molecule has 1 aromatic heterocycles. The molecule has 2 bridgehead atoms. The number of likely N-dealkylation sites (tertiary alicyclic amines) is 1. The molecule has 3 aliphatic rings. The Morgan fingerprint density at radius 1 is 1.02 bits per heavy atom. The van der Waals surface area contributed by atoms with E-state index in [1.807, 2.05) is 5.32 Å². The molecule has 3 aromatic rings. The van der Waals surface area contributed by atoms with Crippen LogP contribution in [0.3, 0.4) is 0 Å². The predicted octanol–water partition coefficient (Wildman–Crippen LogP) is 3.94. The summed E-state index contributed by atoms with van der Waals surface area (Å²) in [6, 6.07) is 6.22. The van der Waals surface area contributed by atoms with E-state index in [0.717, 1.165) is 78.1 Å². The van der Waals surface area contributed by atoms with Crippen LogP contribution in [0.4, 0.5) is 41.5 Å². The van der Waals surface area contributed by atoms with Crippen molar-refractivity contribution in [2.75, 3.05) is 51.4 Å². The number of benzene rings is 2. The molecule has 6 rings (SSSR count). The normalized spacial score (nSPS) is 19.4. The number of halogens is 7. The third-order valence-electron chi connectivity index (χ3n) is 11.7. The number of nitrogens with two attached hydrogens (primary N) is 1. The van der Waals surface area contributed by atoms with Crippen LogP contribution in [0.1, 0.15) is 48.1 Å². The molecule has 2 amide bonds. The number of carbonyl (C=O) groups excluding carboxylic acids is 2. The number of anilines is 1. The monoisotopic (exact) mass is 917 g/mol. The van der Waals surface area contributed by atoms with E-state index in [1.54, 1.807) is 36.7 Å². The first-order valence-electron chi connectivity index (χ1n) is 20.7. The maximum absolute atomic E-state index is 15.1. The average Bonchev–Trinajstić information content (AvgIpc) is 3.85. The Labute approximate surface area is 370 Å². The van der Waals surface area contributed by atoms with Gasteiger partial charge in [-0.3, -0.25) is 14.7 Å². The molecule has 0 unspecified atom stereocenters. The predicted molar refractivity (Wildman–Crippen MR) is 226 cm³/mol. The fourth-order valence-electron chi connectivity index (χ4n) is 7.72. The summed E-state index contributed by atoms with van der Waals surface area (Å²) in [6.45, 7) is 3.10. The zero-order valence-electron chi connectivity index (χ0n) is 35.7. The van der Waals surface area contributed by atoms with Gasteiger partial charge in [0.15, 0.2) is 0 Å². The highest BCUT2D eigenvalue weighted by Crippen LogP contribution is 2.41. The van der Waals surface area contributed by atoms with Crippen molar-refractivity contribution in [3.63, 3.8) is 0 Å². The molecule has 65 heavy (non-hydrogen) atoms. The fraction of sp³-hybridized carbons (Fsp3) is 0.477. The van der Waals surface area contributed by atoms with Gasteiger partial charge in [-0.15, -0.1) is 0 Å². The number of alkyl halides is 5. The van der Waals surface area contributed by atoms with Gasteiger partial charge in [-0.25, -0.2) is 32.3 Å². The molecular weight excluding hydrogens is 868 g/mol. The van der Waals surface area contributed by atoms with Crippen LogP contribution in [0.2, 0.25) is 0 Å². The summed E-state index contributed by atoms with van der Waals surface area (Å²) >= 11 is 0. The molecule has 350 valence electrons. The number of nitrogens with zero attached hydrogens (tertiary/aromatic N) is 5. The minimum absolute atomic E-state index is 0.0941. The van der Waals surface area contributed by atoms with Crippen LogP contribution in [-0.2, 0) is 27.2 Å². The molecule has 0 radical (unpaired) electrons. The van der Waals surface area contributed by atoms with Crippen molar-refractivity contribution in [2.24, 2.45) is 16.1 Å². The second kappa shape index (κ2) is 21.0. The summed E-state index contributed by atoms with van der Waals surface area (Å²) in [5.41, 5.74) is 3.99. The molecule has 14 nitrogen and oxygen atoms in total. The van der Waals surface area contributed by atoms with Gasteiger partial charge < -0.3 is 41.2 Å². The number of piperazine rings is 1. The summed E-state index contributed by atoms with van der Waals surface area (Å²) in [5.74, 6) is 3.35. The number of hydrogen-bond acceptors (Lipinski definition) is 12. The van der Waals surface area contributed by atoms with E-state index in [0.29, 0.717) is 40.8 Å². The van der Waals surface area contributed by atoms with Crippen molar-refractivity contribution in [2.45, 2.75) is 82.1 Å². The first-order chi connectivity index (χ1) is 30.8. The molecule has 3 saturated heterocycles. The van der Waals surface area contributed by atoms with Gasteiger partial charge in [-0.2, -0.15) is 13.2 Å². The first-order valence-corrected chi connectivity index (χ1v) is 20.7. The summed E-state index contributed by atoms with van der Waals surface area (Å²) < 4.78 is 107. The molecule has 0 saturated carbocycles. The summed E-state index contributed by atoms with van der Waals surface area (Å²) in [7, 11) is 0.915. The zero-order chi connectivity index (χ0) is 47.1. The highest BCUT2D eigenvalue weighted by molar-refractivity contribution is 5.87. The molecule has 4 heterocycles. The topological polar surface area (TPSA) is 180 Å². The number of aliphatic imine (C=N–C) groups is 1. The van der Waals surface area contributed by atoms with E-state index in [2.05, 4.69) is 52.0 Å². The van der Waals surface area contributed by atoms with E-state index < -0.39 is 85.0 Å². The van der Waals surface area contributed by atoms with Gasteiger partial charge in [-0.05, 0) is 62.6 Å². The van der Waals surface area contributed by atoms with Gasteiger partial charge in [0.1, 0.15) is 17.7 Å². The van der Waals surface area contributed by atoms with Crippen LogP contribution in [0.15, 0.2) is 59.9 Å². The molecular formula is C44H50F7N9O5. The fourth-order valence-corrected chi connectivity index (χ4v) is 7.72. The number of rotatable bonds is 17. The zero-order valence-corrected chi connectivity index (χ0v) is 35.7. The van der Waals surface area contributed by atoms with Crippen molar-refractivity contribution in [3.05, 3.63) is 94.3 Å². The Balaban J connectivity index is 1.13. The van der Waals surface area contributed by atoms with E-state index in [1.165, 1.54) is 0 Å². The van der Waals surface area contributed by atoms with Gasteiger partial charge in [0.2, 0.25) is 11.9 Å². The Kier molecular flexibility index (Phi) is 15.7. The molecule has 6 N–H and O–H groups in total. The van der Waals surface area contributed by atoms with Gasteiger partial charge in [0.25, 0.3) is 6.43 Å². The second-order valence-electron chi connectivity index (χ2n) is 16.6. The number of methoxy groups -OCH3 is 1. The van der Waals surface area contributed by atoms with Crippen molar-refractivity contribution < 1.29 is 54.9 Å². The highest BCUT2D eigenvalue weighted by Gasteiger charge is 2.56. The molecule has 3 fully saturated rings. The molecule has 0 spiro atoms. The third kappa shape index (κ3) is 12.1. The molecule has 5 atom stereocenters. The molecule has 0 aliphatic carbocycles. The number of allylic oxidation sites excluding steroid dienone is 1. The van der Waals surface area contributed by atoms with E-state index >= 15 is 8.78 Å². The number of amides is 2. The Bertz CT molecular complexity index is 2240. The lowest BCUT2D eigenvalue weighted by molar-refractivity contribution is -0.220. The second-order valence-corrected chi connectivity index (χ2v) is 16.6. The maximum atomic E-state index is 15.1. The number of nitrogens with one attached hydrogen (secondary N) is 3. The van der Waals surface area contributed by atoms with E-state index in [-0.39, 0.29) is 17.7 Å². The number of hydrogen-bond donors (Lipinski definition) is 5. The van der Waals surface area contributed by atoms with Crippen LogP contribution in [0.5, 0.6) is 0 Å². The van der Waals surface area contributed by atoms with Crippen LogP contribution < -0.4 is 26.6 Å². The number of aliphatic hydroxyl groups is 1. The quantitative estimate of drug-likeness (QED) is 0.0753. The van der Waals surface area contributed by atoms with Gasteiger partial charge in [-0.1, -0.05) is 24.0 Å². The first kappa shape index (κ1) is 48.6. The van der Waals surface area contributed by atoms with Crippen molar-refractivity contribution in [1.82, 2.24) is 30.8 Å². The van der Waals surface area contributed by atoms with Gasteiger partial charge >= 0.3 is 12.3 Å². The van der Waals surface area contributed by atoms with Crippen molar-refractivity contribution in [1.29, 1.82) is 0 Å². The van der Waals surface area contributed by atoms with Crippen LogP contribution in [0.25, 0.3) is 5.70 Å². The van der Waals surface area contributed by atoms with E-state index in [4.69, 9.17) is 10.5 Å². The molecule has 2 aromatic carbocycles. The van der Waals surface area contributed by atoms with Crippen LogP contribution in [-0.4, -0.2) is 134 Å². The largest absolute Gasteiger partial charge is 0.453 e. The SMILES string of the molecule is COC(=O)N[C@H](C(=O)N[C@@H](Cc1ccc(C#Cc2cnc(N3C[C@H]4C[C@@H]3CN4C3COC3)nc2)cc1)[C@@H](O)CNCc1c(F)cc(C(N)=CC=NCC(F)F)cc1F)C(C)(C)C(F)(F)F. The Hall–Kier alpha value is -5.82. The summed E-state index contributed by atoms with van der Waals surface area (Å²) in [5, 5.41) is 18.4. The van der Waals surface area contributed by atoms with Gasteiger partial charge in [0.05, 0.1) is 56.0 Å². The minimum Gasteiger partial charge on any atom is -0.453 e. The van der Waals surface area contributed by atoms with Gasteiger partial charge in [0, 0.05) is 79.3 Å².